The summed E-state index contributed by atoms with van der Waals surface area (Å²) >= 11 is 0. The van der Waals surface area contributed by atoms with E-state index in [1.807, 2.05) is 18.2 Å². The molecule has 1 aliphatic heterocycles. The van der Waals surface area contributed by atoms with E-state index >= 15 is 0 Å². The fourth-order valence-electron chi connectivity index (χ4n) is 8.74. The molecule has 2 heteroatoms. The van der Waals surface area contributed by atoms with Crippen LogP contribution in [0.3, 0.4) is 0 Å². The molecule has 0 bridgehead atoms. The largest absolute Gasteiger partial charge is 0.310 e. The van der Waals surface area contributed by atoms with E-state index < -0.39 is 5.41 Å². The van der Waals surface area contributed by atoms with E-state index in [0.717, 1.165) is 22.6 Å². The molecule has 1 spiro atoms. The van der Waals surface area contributed by atoms with Crippen molar-refractivity contribution in [1.82, 2.24) is 0 Å². The second-order valence-corrected chi connectivity index (χ2v) is 13.2. The topological polar surface area (TPSA) is 27.0 Å². The molecule has 50 heavy (non-hydrogen) atoms. The van der Waals surface area contributed by atoms with Gasteiger partial charge in [-0.3, -0.25) is 0 Å². The maximum atomic E-state index is 9.57. The van der Waals surface area contributed by atoms with E-state index in [1.165, 1.54) is 66.1 Å². The van der Waals surface area contributed by atoms with Crippen molar-refractivity contribution in [3.8, 4) is 28.3 Å². The Hall–Kier alpha value is -6.69. The molecule has 0 aromatic heterocycles. The van der Waals surface area contributed by atoms with Crippen LogP contribution < -0.4 is 4.90 Å². The monoisotopic (exact) mass is 634 g/mol. The van der Waals surface area contributed by atoms with Crippen LogP contribution >= 0.6 is 0 Å². The molecule has 2 nitrogen and oxygen atoms in total. The molecule has 8 aromatic carbocycles. The molecule has 0 amide bonds. The van der Waals surface area contributed by atoms with Crippen LogP contribution in [0.5, 0.6) is 0 Å². The number of hydrogen-bond acceptors (Lipinski definition) is 2. The van der Waals surface area contributed by atoms with Crippen LogP contribution in [0, 0.1) is 11.3 Å². The fraction of sp³-hybridized carbons (Fsp3) is 0.0208. The van der Waals surface area contributed by atoms with Crippen molar-refractivity contribution in [2.45, 2.75) is 5.41 Å². The SMILES string of the molecule is C=Cc1ccc2c(c1)C1(c3cc(-c4c5ccccc5cc5ccccc45)ccc3-2)c2ccccc2N(c2ccc(C#N)cc2)c2ccccc21. The first-order valence-electron chi connectivity index (χ1n) is 17.0. The number of anilines is 3. The van der Waals surface area contributed by atoms with Gasteiger partial charge in [0.1, 0.15) is 0 Å². The van der Waals surface area contributed by atoms with Crippen molar-refractivity contribution in [1.29, 1.82) is 5.26 Å². The summed E-state index contributed by atoms with van der Waals surface area (Å²) in [5.41, 5.74) is 14.4. The first-order valence-corrected chi connectivity index (χ1v) is 17.0. The Morgan fingerprint density at radius 2 is 1.10 bits per heavy atom. The summed E-state index contributed by atoms with van der Waals surface area (Å²) in [5, 5.41) is 14.6. The van der Waals surface area contributed by atoms with Crippen LogP contribution in [0.1, 0.15) is 33.4 Å². The highest BCUT2D eigenvalue weighted by Gasteiger charge is 2.51. The Morgan fingerprint density at radius 1 is 0.540 bits per heavy atom. The van der Waals surface area contributed by atoms with Gasteiger partial charge < -0.3 is 4.90 Å². The van der Waals surface area contributed by atoms with Gasteiger partial charge in [-0.2, -0.15) is 5.26 Å². The van der Waals surface area contributed by atoms with Crippen molar-refractivity contribution >= 4 is 44.7 Å². The van der Waals surface area contributed by atoms with Gasteiger partial charge in [-0.15, -0.1) is 0 Å². The van der Waals surface area contributed by atoms with E-state index in [1.54, 1.807) is 0 Å². The highest BCUT2D eigenvalue weighted by Crippen LogP contribution is 2.64. The molecule has 0 atom stereocenters. The van der Waals surface area contributed by atoms with Crippen molar-refractivity contribution < 1.29 is 0 Å². The van der Waals surface area contributed by atoms with Gasteiger partial charge in [-0.05, 0) is 126 Å². The molecule has 2 aliphatic rings. The first kappa shape index (κ1) is 28.3. The third kappa shape index (κ3) is 3.78. The smallest absolute Gasteiger partial charge is 0.0991 e. The van der Waals surface area contributed by atoms with Gasteiger partial charge in [0.2, 0.25) is 0 Å². The third-order valence-electron chi connectivity index (χ3n) is 10.8. The van der Waals surface area contributed by atoms with Gasteiger partial charge in [-0.25, -0.2) is 0 Å². The summed E-state index contributed by atoms with van der Waals surface area (Å²) < 4.78 is 0. The van der Waals surface area contributed by atoms with Gasteiger partial charge >= 0.3 is 0 Å². The van der Waals surface area contributed by atoms with Crippen LogP contribution in [-0.2, 0) is 5.41 Å². The minimum atomic E-state index is -0.587. The van der Waals surface area contributed by atoms with E-state index in [4.69, 9.17) is 0 Å². The Bertz CT molecular complexity index is 2640. The Balaban J connectivity index is 1.33. The van der Waals surface area contributed by atoms with Gasteiger partial charge in [0.25, 0.3) is 0 Å². The van der Waals surface area contributed by atoms with Crippen molar-refractivity contribution in [2.75, 3.05) is 4.90 Å². The van der Waals surface area contributed by atoms with Gasteiger partial charge in [0.05, 0.1) is 28.4 Å². The lowest BCUT2D eigenvalue weighted by atomic mass is 9.64. The molecule has 0 N–H and O–H groups in total. The second-order valence-electron chi connectivity index (χ2n) is 13.2. The maximum Gasteiger partial charge on any atom is 0.0991 e. The van der Waals surface area contributed by atoms with Crippen LogP contribution in [-0.4, -0.2) is 0 Å². The molecular weight excluding hydrogens is 605 g/mol. The van der Waals surface area contributed by atoms with Gasteiger partial charge in [-0.1, -0.05) is 122 Å². The van der Waals surface area contributed by atoms with Crippen molar-refractivity contribution in [2.24, 2.45) is 0 Å². The summed E-state index contributed by atoms with van der Waals surface area (Å²) in [5.74, 6) is 0. The number of nitrogens with zero attached hydrogens (tertiary/aromatic N) is 2. The lowest BCUT2D eigenvalue weighted by molar-refractivity contribution is 0.752. The highest BCUT2D eigenvalue weighted by molar-refractivity contribution is 6.13. The first-order chi connectivity index (χ1) is 24.7. The number of fused-ring (bicyclic) bond motifs is 11. The highest BCUT2D eigenvalue weighted by atomic mass is 15.2. The lowest BCUT2D eigenvalue weighted by Gasteiger charge is -2.45. The summed E-state index contributed by atoms with van der Waals surface area (Å²) in [6, 6.07) is 61.7. The molecule has 1 aliphatic carbocycles. The van der Waals surface area contributed by atoms with Crippen LogP contribution in [0.2, 0.25) is 0 Å². The predicted octanol–water partition coefficient (Wildman–Crippen LogP) is 12.3. The molecular formula is C48H30N2. The Labute approximate surface area is 291 Å². The molecule has 10 rings (SSSR count). The number of para-hydroxylation sites is 2. The molecule has 1 heterocycles. The molecule has 0 fully saturated rings. The van der Waals surface area contributed by atoms with Gasteiger partial charge in [0, 0.05) is 5.69 Å². The minimum Gasteiger partial charge on any atom is -0.310 e. The number of benzene rings is 8. The van der Waals surface area contributed by atoms with Crippen LogP contribution in [0.4, 0.5) is 17.1 Å². The summed E-state index contributed by atoms with van der Waals surface area (Å²) in [6.45, 7) is 4.17. The summed E-state index contributed by atoms with van der Waals surface area (Å²) in [7, 11) is 0. The van der Waals surface area contributed by atoms with E-state index in [2.05, 4.69) is 169 Å². The molecule has 8 aromatic rings. The average Bonchev–Trinajstić information content (AvgIpc) is 3.46. The Morgan fingerprint density at radius 3 is 1.72 bits per heavy atom. The normalized spacial score (nSPS) is 13.4. The lowest BCUT2D eigenvalue weighted by Crippen LogP contribution is -2.36. The number of hydrogen-bond donors (Lipinski definition) is 0. The summed E-state index contributed by atoms with van der Waals surface area (Å²) in [4.78, 5) is 2.36. The zero-order valence-electron chi connectivity index (χ0n) is 27.3. The third-order valence-corrected chi connectivity index (χ3v) is 10.8. The van der Waals surface area contributed by atoms with Crippen LogP contribution in [0.15, 0.2) is 170 Å². The van der Waals surface area contributed by atoms with Crippen molar-refractivity contribution in [3.63, 3.8) is 0 Å². The number of nitriles is 1. The molecule has 232 valence electrons. The van der Waals surface area contributed by atoms with E-state index in [0.29, 0.717) is 5.56 Å². The average molecular weight is 635 g/mol. The second kappa shape index (κ2) is 10.7. The zero-order chi connectivity index (χ0) is 33.4. The van der Waals surface area contributed by atoms with E-state index in [9.17, 15) is 5.26 Å². The molecule has 0 radical (unpaired) electrons. The zero-order valence-corrected chi connectivity index (χ0v) is 27.3. The quantitative estimate of drug-likeness (QED) is 0.181. The van der Waals surface area contributed by atoms with E-state index in [-0.39, 0.29) is 0 Å². The predicted molar refractivity (Wildman–Crippen MR) is 207 cm³/mol. The number of rotatable bonds is 3. The summed E-state index contributed by atoms with van der Waals surface area (Å²) in [6.07, 6.45) is 1.95. The Kier molecular flexibility index (Phi) is 6.04. The molecule has 0 saturated heterocycles. The molecule has 0 saturated carbocycles. The maximum absolute atomic E-state index is 9.57. The van der Waals surface area contributed by atoms with Crippen molar-refractivity contribution in [3.05, 3.63) is 204 Å². The van der Waals surface area contributed by atoms with Crippen LogP contribution in [0.25, 0.3) is 49.9 Å². The minimum absolute atomic E-state index is 0.587. The standard InChI is InChI=1S/C48H30N2/c1-2-31-21-25-39-40-26-22-35(47-37-13-5-3-11-33(37)28-34-12-4-6-14-38(34)47)29-44(40)48(43(39)27-31)41-15-7-9-17-45(41)50(46-18-10-8-16-42(46)48)36-23-19-32(30-49)20-24-36/h2-29H,1H2. The fourth-order valence-corrected chi connectivity index (χ4v) is 8.74. The molecule has 0 unspecified atom stereocenters. The van der Waals surface area contributed by atoms with Gasteiger partial charge in [0.15, 0.2) is 0 Å².